The molecule has 2 aromatic rings. The molecule has 0 fully saturated rings. The predicted molar refractivity (Wildman–Crippen MR) is 149 cm³/mol. The van der Waals surface area contributed by atoms with Crippen molar-refractivity contribution in [3.63, 3.8) is 0 Å². The molecule has 0 saturated carbocycles. The maximum atomic E-state index is 10.4. The van der Waals surface area contributed by atoms with Crippen LogP contribution in [0.4, 0.5) is 0 Å². The molecule has 2 N–H and O–H groups in total. The Morgan fingerprint density at radius 1 is 0.757 bits per heavy atom. The van der Waals surface area contributed by atoms with E-state index in [1.807, 2.05) is 52.0 Å². The van der Waals surface area contributed by atoms with Crippen LogP contribution in [0.25, 0.3) is 0 Å². The second-order valence-corrected chi connectivity index (χ2v) is 11.0. The first kappa shape index (κ1) is 31.1. The summed E-state index contributed by atoms with van der Waals surface area (Å²) in [6.07, 6.45) is 2.05. The van der Waals surface area contributed by atoms with Gasteiger partial charge in [-0.2, -0.15) is 0 Å². The van der Waals surface area contributed by atoms with Gasteiger partial charge < -0.3 is 29.2 Å². The fourth-order valence-corrected chi connectivity index (χ4v) is 4.11. The van der Waals surface area contributed by atoms with Gasteiger partial charge in [-0.05, 0) is 74.9 Å². The molecule has 0 radical (unpaired) electrons. The molecule has 0 bridgehead atoms. The fourth-order valence-electron chi connectivity index (χ4n) is 4.11. The summed E-state index contributed by atoms with van der Waals surface area (Å²) in [6, 6.07) is 16.1. The molecule has 1 unspecified atom stereocenters. The number of hydrogen-bond donors (Lipinski definition) is 2. The van der Waals surface area contributed by atoms with Crippen LogP contribution in [0.5, 0.6) is 11.5 Å². The molecule has 0 amide bonds. The smallest absolute Gasteiger partial charge is 0.119 e. The molecule has 0 heterocycles. The molecule has 6 heteroatoms. The zero-order chi connectivity index (χ0) is 27.5. The van der Waals surface area contributed by atoms with Crippen LogP contribution in [0.1, 0.15) is 78.4 Å². The van der Waals surface area contributed by atoms with Crippen LogP contribution < -0.4 is 9.47 Å². The molecule has 37 heavy (non-hydrogen) atoms. The van der Waals surface area contributed by atoms with Crippen LogP contribution in [-0.4, -0.2) is 61.1 Å². The Bertz CT molecular complexity index is 900. The molecule has 0 aromatic heterocycles. The highest BCUT2D eigenvalue weighted by Gasteiger charge is 2.25. The van der Waals surface area contributed by atoms with Crippen LogP contribution in [-0.2, 0) is 14.9 Å². The van der Waals surface area contributed by atoms with Gasteiger partial charge in [0.25, 0.3) is 0 Å². The quantitative estimate of drug-likeness (QED) is 0.255. The molecule has 0 aliphatic rings. The largest absolute Gasteiger partial charge is 0.497 e. The second kappa shape index (κ2) is 14.1. The van der Waals surface area contributed by atoms with E-state index in [0.29, 0.717) is 31.8 Å². The second-order valence-electron chi connectivity index (χ2n) is 11.0. The van der Waals surface area contributed by atoms with Crippen LogP contribution >= 0.6 is 0 Å². The van der Waals surface area contributed by atoms with Gasteiger partial charge in [0.15, 0.2) is 0 Å². The predicted octanol–water partition coefficient (Wildman–Crippen LogP) is 5.90. The lowest BCUT2D eigenvalue weighted by Crippen LogP contribution is -2.33. The average Bonchev–Trinajstić information content (AvgIpc) is 2.90. The molecule has 0 aliphatic heterocycles. The van der Waals surface area contributed by atoms with Crippen molar-refractivity contribution < 1.29 is 29.2 Å². The number of aliphatic hydroxyl groups is 2. The highest BCUT2D eigenvalue weighted by molar-refractivity contribution is 5.41. The topological polar surface area (TPSA) is 77.4 Å². The highest BCUT2D eigenvalue weighted by Crippen LogP contribution is 2.33. The van der Waals surface area contributed by atoms with Crippen molar-refractivity contribution in [2.24, 2.45) is 0 Å². The van der Waals surface area contributed by atoms with E-state index < -0.39 is 11.7 Å². The Labute approximate surface area is 223 Å². The summed E-state index contributed by atoms with van der Waals surface area (Å²) in [5, 5.41) is 20.7. The van der Waals surface area contributed by atoms with E-state index >= 15 is 0 Å². The van der Waals surface area contributed by atoms with Crippen molar-refractivity contribution >= 4 is 0 Å². The Hall–Kier alpha value is -2.12. The first-order chi connectivity index (χ1) is 17.4. The van der Waals surface area contributed by atoms with Crippen molar-refractivity contribution in [2.75, 3.05) is 33.5 Å². The Morgan fingerprint density at radius 2 is 1.30 bits per heavy atom. The van der Waals surface area contributed by atoms with Crippen LogP contribution in [0.2, 0.25) is 0 Å². The number of hydrogen-bond acceptors (Lipinski definition) is 6. The minimum atomic E-state index is -0.719. The third kappa shape index (κ3) is 9.93. The van der Waals surface area contributed by atoms with Gasteiger partial charge in [0.05, 0.1) is 31.5 Å². The average molecular weight is 517 g/mol. The number of methoxy groups -OCH3 is 1. The summed E-state index contributed by atoms with van der Waals surface area (Å²) in [5.74, 6) is 1.55. The number of benzene rings is 2. The van der Waals surface area contributed by atoms with Crippen molar-refractivity contribution in [1.82, 2.24) is 0 Å². The third-order valence-electron chi connectivity index (χ3n) is 7.37. The van der Waals surface area contributed by atoms with Gasteiger partial charge in [0.1, 0.15) is 24.2 Å². The van der Waals surface area contributed by atoms with Gasteiger partial charge >= 0.3 is 0 Å². The lowest BCUT2D eigenvalue weighted by molar-refractivity contribution is -0.0750. The summed E-state index contributed by atoms with van der Waals surface area (Å²) in [6.45, 7) is 13.8. The molecule has 1 atom stereocenters. The van der Waals surface area contributed by atoms with Crippen molar-refractivity contribution in [3.05, 3.63) is 59.7 Å². The monoisotopic (exact) mass is 516 g/mol. The maximum Gasteiger partial charge on any atom is 0.119 e. The number of rotatable bonds is 17. The Morgan fingerprint density at radius 3 is 1.81 bits per heavy atom. The van der Waals surface area contributed by atoms with E-state index in [4.69, 9.17) is 18.9 Å². The van der Waals surface area contributed by atoms with Crippen molar-refractivity contribution in [2.45, 2.75) is 89.9 Å². The van der Waals surface area contributed by atoms with Crippen molar-refractivity contribution in [1.29, 1.82) is 0 Å². The lowest BCUT2D eigenvalue weighted by Gasteiger charge is -2.30. The molecular weight excluding hydrogens is 468 g/mol. The molecule has 6 nitrogen and oxygen atoms in total. The van der Waals surface area contributed by atoms with Crippen LogP contribution in [0, 0.1) is 0 Å². The van der Waals surface area contributed by atoms with E-state index in [9.17, 15) is 10.2 Å². The Balaban J connectivity index is 1.72. The Kier molecular flexibility index (Phi) is 11.9. The highest BCUT2D eigenvalue weighted by atomic mass is 16.5. The normalized spacial score (nSPS) is 13.4. The standard InChI is InChI=1S/C31H48O6/c1-8-31(33,9-2)19-21-37-29(3,4)18-20-35-22-26(32)23-36-28-16-12-25(13-17-28)30(5,6)24-10-14-27(34-7)15-11-24/h10-17,26,32-33H,8-9,18-23H2,1-7H3. The summed E-state index contributed by atoms with van der Waals surface area (Å²) < 4.78 is 22.7. The molecule has 2 rings (SSSR count). The van der Waals surface area contributed by atoms with E-state index in [2.05, 4.69) is 38.1 Å². The van der Waals surface area contributed by atoms with Crippen molar-refractivity contribution in [3.8, 4) is 11.5 Å². The SMILES string of the molecule is CCC(O)(CC)CCOC(C)(C)CCOCC(O)COc1ccc(C(C)(C)c2ccc(OC)cc2)cc1. The molecule has 0 saturated heterocycles. The van der Waals surface area contributed by atoms with Gasteiger partial charge in [-0.3, -0.25) is 0 Å². The molecule has 2 aromatic carbocycles. The fraction of sp³-hybridized carbons (Fsp3) is 0.613. The van der Waals surface area contributed by atoms with Gasteiger partial charge in [-0.25, -0.2) is 0 Å². The van der Waals surface area contributed by atoms with E-state index in [0.717, 1.165) is 18.6 Å². The van der Waals surface area contributed by atoms with Gasteiger partial charge in [-0.15, -0.1) is 0 Å². The summed E-state index contributed by atoms with van der Waals surface area (Å²) >= 11 is 0. The molecular formula is C31H48O6. The zero-order valence-electron chi connectivity index (χ0n) is 23.9. The summed E-state index contributed by atoms with van der Waals surface area (Å²) in [4.78, 5) is 0. The zero-order valence-corrected chi connectivity index (χ0v) is 23.9. The first-order valence-corrected chi connectivity index (χ1v) is 13.4. The lowest BCUT2D eigenvalue weighted by atomic mass is 9.78. The van der Waals surface area contributed by atoms with E-state index in [-0.39, 0.29) is 24.2 Å². The van der Waals surface area contributed by atoms with E-state index in [1.54, 1.807) is 7.11 Å². The maximum absolute atomic E-state index is 10.4. The minimum absolute atomic E-state index is 0.160. The number of ether oxygens (including phenoxy) is 4. The van der Waals surface area contributed by atoms with Gasteiger partial charge in [0, 0.05) is 12.0 Å². The number of aliphatic hydroxyl groups excluding tert-OH is 1. The molecule has 0 spiro atoms. The third-order valence-corrected chi connectivity index (χ3v) is 7.37. The first-order valence-electron chi connectivity index (χ1n) is 13.4. The molecule has 208 valence electrons. The van der Waals surface area contributed by atoms with Gasteiger partial charge in [-0.1, -0.05) is 52.0 Å². The summed E-state index contributed by atoms with van der Waals surface area (Å²) in [5.41, 5.74) is 1.21. The van der Waals surface area contributed by atoms with Crippen LogP contribution in [0.15, 0.2) is 48.5 Å². The summed E-state index contributed by atoms with van der Waals surface area (Å²) in [7, 11) is 1.67. The van der Waals surface area contributed by atoms with Gasteiger partial charge in [0.2, 0.25) is 0 Å². The molecule has 0 aliphatic carbocycles. The van der Waals surface area contributed by atoms with E-state index in [1.165, 1.54) is 11.1 Å². The van der Waals surface area contributed by atoms with Crippen LogP contribution in [0.3, 0.4) is 0 Å². The minimum Gasteiger partial charge on any atom is -0.497 e.